The molecule has 0 bridgehead atoms. The van der Waals surface area contributed by atoms with Crippen LogP contribution in [0.25, 0.3) is 11.1 Å². The molecule has 0 aliphatic rings. The second-order valence-corrected chi connectivity index (χ2v) is 4.58. The van der Waals surface area contributed by atoms with E-state index >= 15 is 0 Å². The van der Waals surface area contributed by atoms with Crippen molar-refractivity contribution in [2.24, 2.45) is 0 Å². The van der Waals surface area contributed by atoms with Crippen molar-refractivity contribution in [1.29, 1.82) is 0 Å². The average Bonchev–Trinajstić information content (AvgIpc) is 2.27. The first-order valence-corrected chi connectivity index (χ1v) is 5.74. The first-order valence-electron chi connectivity index (χ1n) is 5.74. The van der Waals surface area contributed by atoms with Crippen molar-refractivity contribution in [3.8, 4) is 11.1 Å². The van der Waals surface area contributed by atoms with E-state index in [0.29, 0.717) is 0 Å². The van der Waals surface area contributed by atoms with Gasteiger partial charge >= 0.3 is 0 Å². The van der Waals surface area contributed by atoms with Crippen LogP contribution >= 0.6 is 0 Å². The van der Waals surface area contributed by atoms with Crippen molar-refractivity contribution >= 4 is 6.29 Å². The third-order valence-corrected chi connectivity index (χ3v) is 2.87. The Morgan fingerprint density at radius 3 is 2.06 bits per heavy atom. The van der Waals surface area contributed by atoms with E-state index < -0.39 is 0 Å². The van der Waals surface area contributed by atoms with Gasteiger partial charge < -0.3 is 0 Å². The minimum absolute atomic E-state index is 0.751. The fraction of sp³-hybridized carbons (Fsp3) is 0.188. The molecule has 0 radical (unpaired) electrons. The van der Waals surface area contributed by atoms with E-state index in [-0.39, 0.29) is 0 Å². The number of benzene rings is 2. The Morgan fingerprint density at radius 2 is 1.47 bits per heavy atom. The zero-order valence-corrected chi connectivity index (χ0v) is 10.4. The molecular formula is C16H16O. The van der Waals surface area contributed by atoms with E-state index in [9.17, 15) is 4.79 Å². The SMILES string of the molecule is Cc1cc(C)cc(-c2cc(C)ccc2C=O)c1. The predicted octanol–water partition coefficient (Wildman–Crippen LogP) is 4.09. The molecule has 0 heterocycles. The summed E-state index contributed by atoms with van der Waals surface area (Å²) >= 11 is 0. The van der Waals surface area contributed by atoms with Crippen molar-refractivity contribution in [2.75, 3.05) is 0 Å². The van der Waals surface area contributed by atoms with Crippen molar-refractivity contribution in [3.63, 3.8) is 0 Å². The summed E-state index contributed by atoms with van der Waals surface area (Å²) in [6, 6.07) is 12.3. The van der Waals surface area contributed by atoms with Crippen LogP contribution in [0.15, 0.2) is 36.4 Å². The molecule has 0 aliphatic carbocycles. The minimum Gasteiger partial charge on any atom is -0.298 e. The summed E-state index contributed by atoms with van der Waals surface area (Å²) in [5, 5.41) is 0. The highest BCUT2D eigenvalue weighted by Crippen LogP contribution is 2.26. The number of aryl methyl sites for hydroxylation is 3. The molecule has 2 rings (SSSR count). The Hall–Kier alpha value is -1.89. The van der Waals surface area contributed by atoms with Crippen LogP contribution < -0.4 is 0 Å². The lowest BCUT2D eigenvalue weighted by atomic mass is 9.95. The van der Waals surface area contributed by atoms with E-state index in [1.807, 2.05) is 19.1 Å². The molecule has 0 spiro atoms. The summed E-state index contributed by atoms with van der Waals surface area (Å²) in [6.07, 6.45) is 0.923. The topological polar surface area (TPSA) is 17.1 Å². The van der Waals surface area contributed by atoms with Crippen molar-refractivity contribution in [2.45, 2.75) is 20.8 Å². The number of rotatable bonds is 2. The van der Waals surface area contributed by atoms with E-state index in [0.717, 1.165) is 23.0 Å². The number of aldehydes is 1. The summed E-state index contributed by atoms with van der Waals surface area (Å²) in [4.78, 5) is 11.1. The first kappa shape index (κ1) is 11.6. The fourth-order valence-corrected chi connectivity index (χ4v) is 2.15. The van der Waals surface area contributed by atoms with Gasteiger partial charge in [0.2, 0.25) is 0 Å². The highest BCUT2D eigenvalue weighted by molar-refractivity contribution is 5.88. The molecule has 86 valence electrons. The number of hydrogen-bond acceptors (Lipinski definition) is 1. The third kappa shape index (κ3) is 2.44. The number of carbonyl (C=O) groups excluding carboxylic acids is 1. The van der Waals surface area contributed by atoms with Gasteiger partial charge in [-0.05, 0) is 31.9 Å². The largest absolute Gasteiger partial charge is 0.298 e. The first-order chi connectivity index (χ1) is 8.10. The van der Waals surface area contributed by atoms with Gasteiger partial charge in [0.05, 0.1) is 0 Å². The summed E-state index contributed by atoms with van der Waals surface area (Å²) in [7, 11) is 0. The maximum absolute atomic E-state index is 11.1. The quantitative estimate of drug-likeness (QED) is 0.702. The van der Waals surface area contributed by atoms with Crippen LogP contribution in [0.4, 0.5) is 0 Å². The molecule has 0 amide bonds. The standard InChI is InChI=1S/C16H16O/c1-11-4-5-14(10-17)16(9-11)15-7-12(2)6-13(3)8-15/h4-10H,1-3H3. The minimum atomic E-state index is 0.751. The smallest absolute Gasteiger partial charge is 0.150 e. The molecular weight excluding hydrogens is 208 g/mol. The lowest BCUT2D eigenvalue weighted by Crippen LogP contribution is -1.90. The van der Waals surface area contributed by atoms with Gasteiger partial charge in [-0.3, -0.25) is 4.79 Å². The van der Waals surface area contributed by atoms with Crippen molar-refractivity contribution < 1.29 is 4.79 Å². The van der Waals surface area contributed by atoms with Crippen LogP contribution in [0, 0.1) is 20.8 Å². The lowest BCUT2D eigenvalue weighted by molar-refractivity contribution is 0.112. The molecule has 0 saturated heterocycles. The summed E-state index contributed by atoms with van der Waals surface area (Å²) in [5.74, 6) is 0. The fourth-order valence-electron chi connectivity index (χ4n) is 2.15. The molecule has 0 unspecified atom stereocenters. The van der Waals surface area contributed by atoms with Crippen LogP contribution in [0.3, 0.4) is 0 Å². The zero-order valence-electron chi connectivity index (χ0n) is 10.4. The Morgan fingerprint density at radius 1 is 0.824 bits per heavy atom. The zero-order chi connectivity index (χ0) is 12.4. The maximum atomic E-state index is 11.1. The van der Waals surface area contributed by atoms with Gasteiger partial charge in [0.1, 0.15) is 0 Å². The monoisotopic (exact) mass is 224 g/mol. The van der Waals surface area contributed by atoms with Crippen LogP contribution in [-0.2, 0) is 0 Å². The van der Waals surface area contributed by atoms with Gasteiger partial charge in [-0.25, -0.2) is 0 Å². The van der Waals surface area contributed by atoms with Gasteiger partial charge in [0.25, 0.3) is 0 Å². The van der Waals surface area contributed by atoms with Crippen molar-refractivity contribution in [1.82, 2.24) is 0 Å². The molecule has 1 heteroatoms. The van der Waals surface area contributed by atoms with Crippen LogP contribution in [-0.4, -0.2) is 6.29 Å². The van der Waals surface area contributed by atoms with Crippen LogP contribution in [0.5, 0.6) is 0 Å². The van der Waals surface area contributed by atoms with E-state index in [1.165, 1.54) is 16.7 Å². The molecule has 2 aromatic carbocycles. The molecule has 0 aliphatic heterocycles. The van der Waals surface area contributed by atoms with Gasteiger partial charge in [0.15, 0.2) is 6.29 Å². The second kappa shape index (κ2) is 4.54. The normalized spacial score (nSPS) is 10.3. The Balaban J connectivity index is 2.66. The second-order valence-electron chi connectivity index (χ2n) is 4.58. The van der Waals surface area contributed by atoms with Gasteiger partial charge in [-0.2, -0.15) is 0 Å². The number of hydrogen-bond donors (Lipinski definition) is 0. The van der Waals surface area contributed by atoms with E-state index in [2.05, 4.69) is 38.1 Å². The van der Waals surface area contributed by atoms with Gasteiger partial charge in [-0.15, -0.1) is 0 Å². The average molecular weight is 224 g/mol. The number of carbonyl (C=O) groups is 1. The third-order valence-electron chi connectivity index (χ3n) is 2.87. The molecule has 1 nitrogen and oxygen atoms in total. The summed E-state index contributed by atoms with van der Waals surface area (Å²) in [6.45, 7) is 6.19. The summed E-state index contributed by atoms with van der Waals surface area (Å²) in [5.41, 5.74) is 6.50. The van der Waals surface area contributed by atoms with Crippen LogP contribution in [0.2, 0.25) is 0 Å². The highest BCUT2D eigenvalue weighted by Gasteiger charge is 2.05. The van der Waals surface area contributed by atoms with Crippen LogP contribution in [0.1, 0.15) is 27.0 Å². The molecule has 0 fully saturated rings. The van der Waals surface area contributed by atoms with E-state index in [1.54, 1.807) is 0 Å². The van der Waals surface area contributed by atoms with Gasteiger partial charge in [0, 0.05) is 5.56 Å². The predicted molar refractivity (Wildman–Crippen MR) is 71.5 cm³/mol. The highest BCUT2D eigenvalue weighted by atomic mass is 16.1. The van der Waals surface area contributed by atoms with Crippen molar-refractivity contribution in [3.05, 3.63) is 58.7 Å². The molecule has 0 atom stereocenters. The molecule has 17 heavy (non-hydrogen) atoms. The molecule has 0 aromatic heterocycles. The molecule has 2 aromatic rings. The maximum Gasteiger partial charge on any atom is 0.150 e. The Kier molecular flexibility index (Phi) is 3.10. The Labute approximate surface area is 102 Å². The lowest BCUT2D eigenvalue weighted by Gasteiger charge is -2.09. The molecule has 0 saturated carbocycles. The van der Waals surface area contributed by atoms with E-state index in [4.69, 9.17) is 0 Å². The molecule has 0 N–H and O–H groups in total. The van der Waals surface area contributed by atoms with Gasteiger partial charge in [-0.1, -0.05) is 53.1 Å². The summed E-state index contributed by atoms with van der Waals surface area (Å²) < 4.78 is 0. The Bertz CT molecular complexity index is 547.